The summed E-state index contributed by atoms with van der Waals surface area (Å²) in [7, 11) is 0. The summed E-state index contributed by atoms with van der Waals surface area (Å²) in [6, 6.07) is 6.89. The Balaban J connectivity index is 1.91. The highest BCUT2D eigenvalue weighted by atomic mass is 35.5. The van der Waals surface area contributed by atoms with Gasteiger partial charge in [-0.15, -0.1) is 11.3 Å². The number of aliphatic hydroxyl groups is 1. The van der Waals surface area contributed by atoms with Crippen molar-refractivity contribution in [2.24, 2.45) is 0 Å². The second kappa shape index (κ2) is 6.83. The highest BCUT2D eigenvalue weighted by Crippen LogP contribution is 2.17. The molecule has 0 saturated carbocycles. The van der Waals surface area contributed by atoms with Crippen molar-refractivity contribution in [2.45, 2.75) is 19.4 Å². The summed E-state index contributed by atoms with van der Waals surface area (Å²) in [5, 5.41) is 14.2. The van der Waals surface area contributed by atoms with Crippen molar-refractivity contribution >= 4 is 28.8 Å². The van der Waals surface area contributed by atoms with Crippen molar-refractivity contribution in [2.75, 3.05) is 6.54 Å². The molecule has 1 aromatic carbocycles. The zero-order chi connectivity index (χ0) is 14.5. The molecule has 0 saturated heterocycles. The average Bonchev–Trinajstić information content (AvgIpc) is 2.94. The maximum absolute atomic E-state index is 11.9. The number of hydrogen-bond donors (Lipinski definition) is 2. The van der Waals surface area contributed by atoms with Gasteiger partial charge in [-0.2, -0.15) is 0 Å². The second-order valence-electron chi connectivity index (χ2n) is 4.25. The van der Waals surface area contributed by atoms with Gasteiger partial charge in [-0.1, -0.05) is 30.7 Å². The van der Waals surface area contributed by atoms with Gasteiger partial charge in [0.2, 0.25) is 0 Å². The number of aromatic nitrogens is 1. The summed E-state index contributed by atoms with van der Waals surface area (Å²) in [5.74, 6) is -0.213. The molecule has 1 atom stereocenters. The van der Waals surface area contributed by atoms with Crippen molar-refractivity contribution in [1.29, 1.82) is 0 Å². The predicted molar refractivity (Wildman–Crippen MR) is 80.2 cm³/mol. The Morgan fingerprint density at radius 3 is 2.75 bits per heavy atom. The SMILES string of the molecule is CCc1ncc(C(=O)NC[C@@H](O)c2ccc(Cl)cc2)s1. The molecule has 0 fully saturated rings. The molecular formula is C14H15ClN2O2S. The third-order valence-corrected chi connectivity index (χ3v) is 4.18. The molecule has 0 bridgehead atoms. The van der Waals surface area contributed by atoms with Crippen LogP contribution in [0.2, 0.25) is 5.02 Å². The van der Waals surface area contributed by atoms with Crippen LogP contribution < -0.4 is 5.32 Å². The third-order valence-electron chi connectivity index (χ3n) is 2.79. The Morgan fingerprint density at radius 1 is 1.45 bits per heavy atom. The van der Waals surface area contributed by atoms with Gasteiger partial charge < -0.3 is 10.4 Å². The van der Waals surface area contributed by atoms with Crippen LogP contribution in [0.15, 0.2) is 30.5 Å². The maximum Gasteiger partial charge on any atom is 0.263 e. The van der Waals surface area contributed by atoms with Gasteiger partial charge in [0, 0.05) is 11.6 Å². The Morgan fingerprint density at radius 2 is 2.15 bits per heavy atom. The molecule has 1 heterocycles. The zero-order valence-electron chi connectivity index (χ0n) is 11.0. The normalized spacial score (nSPS) is 12.2. The van der Waals surface area contributed by atoms with Crippen LogP contribution in [-0.2, 0) is 6.42 Å². The Hall–Kier alpha value is -1.43. The van der Waals surface area contributed by atoms with Crippen LogP contribution in [0.25, 0.3) is 0 Å². The summed E-state index contributed by atoms with van der Waals surface area (Å²) in [6.45, 7) is 2.14. The lowest BCUT2D eigenvalue weighted by Crippen LogP contribution is -2.27. The molecule has 0 aliphatic heterocycles. The second-order valence-corrected chi connectivity index (χ2v) is 5.80. The first-order chi connectivity index (χ1) is 9.60. The minimum Gasteiger partial charge on any atom is -0.387 e. The van der Waals surface area contributed by atoms with E-state index in [1.807, 2.05) is 6.92 Å². The van der Waals surface area contributed by atoms with E-state index < -0.39 is 6.10 Å². The van der Waals surface area contributed by atoms with Gasteiger partial charge in [-0.3, -0.25) is 4.79 Å². The fourth-order valence-corrected chi connectivity index (χ4v) is 2.56. The van der Waals surface area contributed by atoms with Gasteiger partial charge in [0.1, 0.15) is 4.88 Å². The standard InChI is InChI=1S/C14H15ClN2O2S/c1-2-13-16-8-12(20-13)14(19)17-7-11(18)9-3-5-10(15)6-4-9/h3-6,8,11,18H,2,7H2,1H3,(H,17,19)/t11-/m1/s1. The van der Waals surface area contributed by atoms with Crippen LogP contribution in [0.1, 0.15) is 33.3 Å². The van der Waals surface area contributed by atoms with Crippen LogP contribution in [-0.4, -0.2) is 22.5 Å². The average molecular weight is 311 g/mol. The first-order valence-corrected chi connectivity index (χ1v) is 7.46. The Labute approximate surface area is 126 Å². The van der Waals surface area contributed by atoms with E-state index >= 15 is 0 Å². The van der Waals surface area contributed by atoms with Crippen molar-refractivity contribution in [3.8, 4) is 0 Å². The van der Waals surface area contributed by atoms with Crippen LogP contribution in [0, 0.1) is 0 Å². The van der Waals surface area contributed by atoms with Gasteiger partial charge >= 0.3 is 0 Å². The largest absolute Gasteiger partial charge is 0.387 e. The molecule has 0 spiro atoms. The van der Waals surface area contributed by atoms with Gasteiger partial charge in [0.25, 0.3) is 5.91 Å². The molecule has 2 rings (SSSR count). The summed E-state index contributed by atoms with van der Waals surface area (Å²) >= 11 is 7.15. The van der Waals surface area contributed by atoms with Gasteiger partial charge in [0.05, 0.1) is 17.3 Å². The fourth-order valence-electron chi connectivity index (χ4n) is 1.66. The first-order valence-electron chi connectivity index (χ1n) is 6.26. The minimum atomic E-state index is -0.755. The molecule has 20 heavy (non-hydrogen) atoms. The van der Waals surface area contributed by atoms with E-state index in [9.17, 15) is 9.90 Å². The molecule has 1 aromatic heterocycles. The number of nitrogens with zero attached hydrogens (tertiary/aromatic N) is 1. The number of nitrogens with one attached hydrogen (secondary N) is 1. The van der Waals surface area contributed by atoms with Crippen LogP contribution in [0.4, 0.5) is 0 Å². The molecule has 2 N–H and O–H groups in total. The molecule has 4 nitrogen and oxygen atoms in total. The minimum absolute atomic E-state index is 0.153. The lowest BCUT2D eigenvalue weighted by atomic mass is 10.1. The van der Waals surface area contributed by atoms with Gasteiger partial charge in [-0.05, 0) is 24.1 Å². The summed E-state index contributed by atoms with van der Waals surface area (Å²) in [4.78, 5) is 16.6. The van der Waals surface area contributed by atoms with E-state index in [0.29, 0.717) is 15.5 Å². The number of amides is 1. The summed E-state index contributed by atoms with van der Waals surface area (Å²) < 4.78 is 0. The first kappa shape index (κ1) is 15.0. The number of hydrogen-bond acceptors (Lipinski definition) is 4. The lowest BCUT2D eigenvalue weighted by Gasteiger charge is -2.11. The number of rotatable bonds is 5. The number of carbonyl (C=O) groups excluding carboxylic acids is 1. The molecule has 0 aliphatic carbocycles. The summed E-state index contributed by atoms with van der Waals surface area (Å²) in [6.07, 6.45) is 1.62. The molecule has 106 valence electrons. The molecule has 6 heteroatoms. The lowest BCUT2D eigenvalue weighted by molar-refractivity contribution is 0.0920. The van der Waals surface area contributed by atoms with E-state index in [0.717, 1.165) is 11.4 Å². The number of benzene rings is 1. The van der Waals surface area contributed by atoms with Gasteiger partial charge in [-0.25, -0.2) is 4.98 Å². The van der Waals surface area contributed by atoms with E-state index in [1.54, 1.807) is 30.5 Å². The molecule has 0 radical (unpaired) electrons. The Bertz CT molecular complexity index is 583. The zero-order valence-corrected chi connectivity index (χ0v) is 12.5. The van der Waals surface area contributed by atoms with Crippen molar-refractivity contribution in [3.05, 3.63) is 50.9 Å². The van der Waals surface area contributed by atoms with E-state index in [4.69, 9.17) is 11.6 Å². The number of aliphatic hydroxyl groups excluding tert-OH is 1. The quantitative estimate of drug-likeness (QED) is 0.892. The molecule has 0 unspecified atom stereocenters. The number of carbonyl (C=O) groups is 1. The highest BCUT2D eigenvalue weighted by molar-refractivity contribution is 7.13. The maximum atomic E-state index is 11.9. The van der Waals surface area contributed by atoms with Crippen LogP contribution in [0.3, 0.4) is 0 Å². The fraction of sp³-hybridized carbons (Fsp3) is 0.286. The van der Waals surface area contributed by atoms with Crippen molar-refractivity contribution < 1.29 is 9.90 Å². The van der Waals surface area contributed by atoms with Crippen molar-refractivity contribution in [3.63, 3.8) is 0 Å². The van der Waals surface area contributed by atoms with Crippen LogP contribution >= 0.6 is 22.9 Å². The van der Waals surface area contributed by atoms with Crippen LogP contribution in [0.5, 0.6) is 0 Å². The van der Waals surface area contributed by atoms with Crippen molar-refractivity contribution in [1.82, 2.24) is 10.3 Å². The smallest absolute Gasteiger partial charge is 0.263 e. The monoisotopic (exact) mass is 310 g/mol. The number of halogens is 1. The predicted octanol–water partition coefficient (Wildman–Crippen LogP) is 2.82. The third kappa shape index (κ3) is 3.79. The molecule has 2 aromatic rings. The topological polar surface area (TPSA) is 62.2 Å². The molecule has 1 amide bonds. The van der Waals surface area contributed by atoms with Gasteiger partial charge in [0.15, 0.2) is 0 Å². The molecule has 0 aliphatic rings. The summed E-state index contributed by atoms with van der Waals surface area (Å²) in [5.41, 5.74) is 0.716. The Kier molecular flexibility index (Phi) is 5.11. The highest BCUT2D eigenvalue weighted by Gasteiger charge is 2.13. The van der Waals surface area contributed by atoms with E-state index in [-0.39, 0.29) is 12.5 Å². The van der Waals surface area contributed by atoms with E-state index in [2.05, 4.69) is 10.3 Å². The van der Waals surface area contributed by atoms with E-state index in [1.165, 1.54) is 11.3 Å². The number of thiazole rings is 1. The molecular weight excluding hydrogens is 296 g/mol. The number of aryl methyl sites for hydroxylation is 1.